The Labute approximate surface area is 125 Å². The van der Waals surface area contributed by atoms with E-state index in [2.05, 4.69) is 32.3 Å². The van der Waals surface area contributed by atoms with Gasteiger partial charge in [0, 0.05) is 33.3 Å². The van der Waals surface area contributed by atoms with Crippen molar-refractivity contribution in [1.29, 1.82) is 5.26 Å². The van der Waals surface area contributed by atoms with Crippen LogP contribution < -0.4 is 5.32 Å². The van der Waals surface area contributed by atoms with Crippen LogP contribution in [-0.4, -0.2) is 4.98 Å². The maximum atomic E-state index is 9.21. The largest absolute Gasteiger partial charge is 0.354 e. The first-order valence-corrected chi connectivity index (χ1v) is 6.86. The lowest BCUT2D eigenvalue weighted by Gasteiger charge is -2.11. The molecule has 0 saturated carbocycles. The van der Waals surface area contributed by atoms with Crippen LogP contribution in [0.5, 0.6) is 0 Å². The van der Waals surface area contributed by atoms with Crippen molar-refractivity contribution in [2.75, 3.05) is 5.32 Å². The Bertz CT molecular complexity index is 816. The molecule has 0 radical (unpaired) electrons. The van der Waals surface area contributed by atoms with E-state index in [9.17, 15) is 5.26 Å². The van der Waals surface area contributed by atoms with E-state index < -0.39 is 0 Å². The summed E-state index contributed by atoms with van der Waals surface area (Å²) in [6, 6.07) is 15.7. The van der Waals surface area contributed by atoms with Crippen molar-refractivity contribution in [3.8, 4) is 6.07 Å². The molecular weight excluding hydrogens is 314 g/mol. The van der Waals surface area contributed by atoms with Gasteiger partial charge >= 0.3 is 0 Å². The third kappa shape index (κ3) is 2.36. The molecule has 0 saturated heterocycles. The van der Waals surface area contributed by atoms with Crippen LogP contribution in [0.3, 0.4) is 0 Å². The number of benzene rings is 2. The minimum Gasteiger partial charge on any atom is -0.354 e. The first-order valence-electron chi connectivity index (χ1n) is 6.07. The molecule has 0 unspecified atom stereocenters. The van der Waals surface area contributed by atoms with Crippen molar-refractivity contribution in [2.24, 2.45) is 0 Å². The monoisotopic (exact) mass is 323 g/mol. The fourth-order valence-corrected chi connectivity index (χ4v) is 2.46. The Morgan fingerprint density at radius 2 is 2.00 bits per heavy atom. The fraction of sp³-hybridized carbons (Fsp3) is 0. The molecule has 0 spiro atoms. The maximum Gasteiger partial charge on any atom is 0.101 e. The van der Waals surface area contributed by atoms with Gasteiger partial charge in [0.2, 0.25) is 0 Å². The van der Waals surface area contributed by atoms with Gasteiger partial charge < -0.3 is 5.32 Å². The lowest BCUT2D eigenvalue weighted by atomic mass is 10.1. The number of fused-ring (bicyclic) bond motifs is 1. The molecule has 3 aromatic rings. The number of nitrogens with one attached hydrogen (secondary N) is 1. The van der Waals surface area contributed by atoms with Gasteiger partial charge in [-0.15, -0.1) is 0 Å². The molecule has 0 amide bonds. The van der Waals surface area contributed by atoms with Crippen molar-refractivity contribution >= 4 is 38.1 Å². The predicted molar refractivity (Wildman–Crippen MR) is 83.9 cm³/mol. The van der Waals surface area contributed by atoms with Crippen LogP contribution in [0, 0.1) is 11.3 Å². The van der Waals surface area contributed by atoms with Crippen molar-refractivity contribution in [2.45, 2.75) is 0 Å². The summed E-state index contributed by atoms with van der Waals surface area (Å²) in [6.45, 7) is 0. The topological polar surface area (TPSA) is 48.7 Å². The van der Waals surface area contributed by atoms with Crippen LogP contribution in [-0.2, 0) is 0 Å². The zero-order chi connectivity index (χ0) is 13.9. The number of nitriles is 1. The van der Waals surface area contributed by atoms with Gasteiger partial charge in [0.25, 0.3) is 0 Å². The number of hydrogen-bond donors (Lipinski definition) is 1. The lowest BCUT2D eigenvalue weighted by Crippen LogP contribution is -1.94. The standard InChI is InChI=1S/C16H10BrN3/c17-13-4-5-15(12(8-13)9-18)20-16-3-1-2-11-10-19-7-6-14(11)16/h1-8,10,20H. The quantitative estimate of drug-likeness (QED) is 0.749. The van der Waals surface area contributed by atoms with Crippen LogP contribution in [0.4, 0.5) is 11.4 Å². The van der Waals surface area contributed by atoms with Crippen molar-refractivity contribution in [3.63, 3.8) is 0 Å². The number of halogens is 1. The SMILES string of the molecule is N#Cc1cc(Br)ccc1Nc1cccc2cnccc12. The van der Waals surface area contributed by atoms with Gasteiger partial charge in [0.15, 0.2) is 0 Å². The molecule has 0 aliphatic heterocycles. The molecule has 96 valence electrons. The highest BCUT2D eigenvalue weighted by atomic mass is 79.9. The molecule has 1 N–H and O–H groups in total. The molecule has 0 bridgehead atoms. The van der Waals surface area contributed by atoms with E-state index in [1.165, 1.54) is 0 Å². The third-order valence-corrected chi connectivity index (χ3v) is 3.55. The lowest BCUT2D eigenvalue weighted by molar-refractivity contribution is 1.36. The number of anilines is 2. The highest BCUT2D eigenvalue weighted by molar-refractivity contribution is 9.10. The van der Waals surface area contributed by atoms with Crippen molar-refractivity contribution in [3.05, 3.63) is 64.9 Å². The summed E-state index contributed by atoms with van der Waals surface area (Å²) >= 11 is 3.38. The van der Waals surface area contributed by atoms with E-state index in [1.807, 2.05) is 42.6 Å². The summed E-state index contributed by atoms with van der Waals surface area (Å²) in [5.41, 5.74) is 2.36. The molecule has 3 rings (SSSR count). The molecule has 0 aliphatic carbocycles. The van der Waals surface area contributed by atoms with E-state index in [4.69, 9.17) is 0 Å². The number of rotatable bonds is 2. The van der Waals surface area contributed by atoms with E-state index in [-0.39, 0.29) is 0 Å². The molecule has 1 heterocycles. The van der Waals surface area contributed by atoms with E-state index in [0.717, 1.165) is 26.6 Å². The number of pyridine rings is 1. The molecule has 3 nitrogen and oxygen atoms in total. The molecule has 0 aliphatic rings. The van der Waals surface area contributed by atoms with Crippen LogP contribution in [0.25, 0.3) is 10.8 Å². The van der Waals surface area contributed by atoms with Gasteiger partial charge in [-0.2, -0.15) is 5.26 Å². The first kappa shape index (κ1) is 12.6. The molecular formula is C16H10BrN3. The first-order chi connectivity index (χ1) is 9.78. The fourth-order valence-electron chi connectivity index (χ4n) is 2.09. The highest BCUT2D eigenvalue weighted by Gasteiger charge is 2.05. The van der Waals surface area contributed by atoms with Crippen LogP contribution in [0.15, 0.2) is 59.3 Å². The van der Waals surface area contributed by atoms with Crippen LogP contribution in [0.1, 0.15) is 5.56 Å². The average Bonchev–Trinajstić information content (AvgIpc) is 2.49. The molecule has 4 heteroatoms. The van der Waals surface area contributed by atoms with Crippen LogP contribution >= 0.6 is 15.9 Å². The zero-order valence-electron chi connectivity index (χ0n) is 10.5. The summed E-state index contributed by atoms with van der Waals surface area (Å²) in [7, 11) is 0. The third-order valence-electron chi connectivity index (χ3n) is 3.05. The predicted octanol–water partition coefficient (Wildman–Crippen LogP) is 4.61. The second kappa shape index (κ2) is 5.32. The minimum atomic E-state index is 0.602. The zero-order valence-corrected chi connectivity index (χ0v) is 12.1. The molecule has 0 atom stereocenters. The van der Waals surface area contributed by atoms with E-state index in [0.29, 0.717) is 5.56 Å². The molecule has 2 aromatic carbocycles. The summed E-state index contributed by atoms with van der Waals surface area (Å²) < 4.78 is 0.890. The Balaban J connectivity index is 2.08. The molecule has 1 aromatic heterocycles. The van der Waals surface area contributed by atoms with Gasteiger partial charge in [-0.3, -0.25) is 4.98 Å². The van der Waals surface area contributed by atoms with Gasteiger partial charge in [-0.1, -0.05) is 28.1 Å². The number of hydrogen-bond acceptors (Lipinski definition) is 3. The summed E-state index contributed by atoms with van der Waals surface area (Å²) in [5.74, 6) is 0. The summed E-state index contributed by atoms with van der Waals surface area (Å²) in [6.07, 6.45) is 3.59. The Morgan fingerprint density at radius 1 is 1.10 bits per heavy atom. The van der Waals surface area contributed by atoms with Crippen molar-refractivity contribution < 1.29 is 0 Å². The minimum absolute atomic E-state index is 0.602. The normalized spacial score (nSPS) is 10.2. The highest BCUT2D eigenvalue weighted by Crippen LogP contribution is 2.28. The maximum absolute atomic E-state index is 9.21. The Kier molecular flexibility index (Phi) is 3.36. The van der Waals surface area contributed by atoms with Gasteiger partial charge in [0.1, 0.15) is 6.07 Å². The molecule has 0 fully saturated rings. The average molecular weight is 324 g/mol. The van der Waals surface area contributed by atoms with E-state index >= 15 is 0 Å². The van der Waals surface area contributed by atoms with Gasteiger partial charge in [0.05, 0.1) is 11.3 Å². The molecule has 20 heavy (non-hydrogen) atoms. The van der Waals surface area contributed by atoms with Crippen molar-refractivity contribution in [1.82, 2.24) is 4.98 Å². The van der Waals surface area contributed by atoms with Crippen LogP contribution in [0.2, 0.25) is 0 Å². The Morgan fingerprint density at radius 3 is 2.85 bits per heavy atom. The Hall–Kier alpha value is -2.38. The number of aromatic nitrogens is 1. The van der Waals surface area contributed by atoms with E-state index in [1.54, 1.807) is 12.3 Å². The second-order valence-corrected chi connectivity index (χ2v) is 5.24. The second-order valence-electron chi connectivity index (χ2n) is 4.33. The summed E-state index contributed by atoms with van der Waals surface area (Å²) in [5, 5.41) is 14.7. The van der Waals surface area contributed by atoms with Gasteiger partial charge in [-0.05, 0) is 30.3 Å². The van der Waals surface area contributed by atoms with Gasteiger partial charge in [-0.25, -0.2) is 0 Å². The summed E-state index contributed by atoms with van der Waals surface area (Å²) in [4.78, 5) is 4.12. The smallest absolute Gasteiger partial charge is 0.101 e. The number of nitrogens with zero attached hydrogens (tertiary/aromatic N) is 2.